The van der Waals surface area contributed by atoms with Crippen molar-refractivity contribution >= 4 is 17.5 Å². The zero-order valence-corrected chi connectivity index (χ0v) is 20.5. The summed E-state index contributed by atoms with van der Waals surface area (Å²) in [5.41, 5.74) is 4.34. The summed E-state index contributed by atoms with van der Waals surface area (Å²) in [5, 5.41) is 44.5. The summed E-state index contributed by atoms with van der Waals surface area (Å²) in [6.45, 7) is 1.88. The van der Waals surface area contributed by atoms with Crippen molar-refractivity contribution in [3.8, 4) is 17.0 Å². The molecule has 5 rings (SSSR count). The molecule has 6 N–H and O–H groups in total. The Hall–Kier alpha value is -4.02. The molecular formula is C27H27N3O7. The van der Waals surface area contributed by atoms with Gasteiger partial charge in [0.15, 0.2) is 11.4 Å². The number of phenolic OH excluding ortho intramolecular Hbond substituents is 1. The molecule has 0 bridgehead atoms. The molecule has 0 fully saturated rings. The smallest absolute Gasteiger partial charge is 0.255 e. The van der Waals surface area contributed by atoms with E-state index < -0.39 is 58.0 Å². The van der Waals surface area contributed by atoms with Crippen molar-refractivity contribution in [3.05, 3.63) is 69.8 Å². The number of hydrogen-bond acceptors (Lipinski definition) is 9. The summed E-state index contributed by atoms with van der Waals surface area (Å²) >= 11 is 0. The summed E-state index contributed by atoms with van der Waals surface area (Å²) in [4.78, 5) is 45.2. The third kappa shape index (κ3) is 3.25. The van der Waals surface area contributed by atoms with E-state index in [1.54, 1.807) is 32.4 Å². The van der Waals surface area contributed by atoms with E-state index in [4.69, 9.17) is 5.73 Å². The summed E-state index contributed by atoms with van der Waals surface area (Å²) in [7, 11) is 3.18. The highest BCUT2D eigenvalue weighted by molar-refractivity contribution is 6.24. The molecule has 0 saturated carbocycles. The fourth-order valence-electron chi connectivity index (χ4n) is 6.24. The van der Waals surface area contributed by atoms with Gasteiger partial charge in [-0.3, -0.25) is 24.3 Å². The van der Waals surface area contributed by atoms with Crippen molar-refractivity contribution in [3.63, 3.8) is 0 Å². The van der Waals surface area contributed by atoms with Gasteiger partial charge in [-0.25, -0.2) is 0 Å². The van der Waals surface area contributed by atoms with Crippen LogP contribution in [0.4, 0.5) is 0 Å². The molecule has 0 spiro atoms. The van der Waals surface area contributed by atoms with E-state index in [9.17, 15) is 34.8 Å². The number of ketones is 2. The van der Waals surface area contributed by atoms with E-state index in [0.717, 1.165) is 5.56 Å². The molecule has 2 aromatic rings. The Balaban J connectivity index is 1.74. The topological polar surface area (TPSA) is 174 Å². The van der Waals surface area contributed by atoms with E-state index in [1.807, 2.05) is 13.0 Å². The highest BCUT2D eigenvalue weighted by Crippen LogP contribution is 2.53. The van der Waals surface area contributed by atoms with Crippen molar-refractivity contribution in [2.75, 3.05) is 14.1 Å². The van der Waals surface area contributed by atoms with E-state index in [-0.39, 0.29) is 29.7 Å². The predicted molar refractivity (Wildman–Crippen MR) is 132 cm³/mol. The van der Waals surface area contributed by atoms with E-state index in [2.05, 4.69) is 4.98 Å². The number of Topliss-reactive ketones (excluding diaryl/α,β-unsaturated/α-hetero) is 2. The van der Waals surface area contributed by atoms with Crippen LogP contribution in [0.5, 0.6) is 5.75 Å². The van der Waals surface area contributed by atoms with Gasteiger partial charge in [-0.15, -0.1) is 0 Å². The number of primary amides is 1. The van der Waals surface area contributed by atoms with E-state index >= 15 is 0 Å². The van der Waals surface area contributed by atoms with Gasteiger partial charge < -0.3 is 26.2 Å². The molecule has 4 unspecified atom stereocenters. The van der Waals surface area contributed by atoms with Gasteiger partial charge in [0.25, 0.3) is 5.91 Å². The number of aryl methyl sites for hydroxylation is 1. The lowest BCUT2D eigenvalue weighted by atomic mass is 9.58. The molecule has 10 heteroatoms. The van der Waals surface area contributed by atoms with Crippen LogP contribution in [0, 0.1) is 18.8 Å². The summed E-state index contributed by atoms with van der Waals surface area (Å²) < 4.78 is 0. The lowest BCUT2D eigenvalue weighted by Gasteiger charge is -2.50. The number of aliphatic hydroxyl groups excluding tert-OH is 2. The number of aliphatic hydroxyl groups is 3. The molecule has 1 heterocycles. The Morgan fingerprint density at radius 3 is 2.49 bits per heavy atom. The Labute approximate surface area is 212 Å². The summed E-state index contributed by atoms with van der Waals surface area (Å²) in [5.74, 6) is -6.74. The lowest BCUT2D eigenvalue weighted by Crippen LogP contribution is -2.63. The number of likely N-dealkylation sites (N-methyl/N-ethyl adjacent to an activating group) is 1. The average molecular weight is 506 g/mol. The number of nitrogens with two attached hydrogens (primary N) is 1. The third-order valence-corrected chi connectivity index (χ3v) is 7.87. The molecule has 3 aliphatic carbocycles. The predicted octanol–water partition coefficient (Wildman–Crippen LogP) is 1.49. The Morgan fingerprint density at radius 1 is 1.16 bits per heavy atom. The molecular weight excluding hydrogens is 478 g/mol. The van der Waals surface area contributed by atoms with Gasteiger partial charge in [-0.2, -0.15) is 0 Å². The second kappa shape index (κ2) is 8.25. The molecule has 37 heavy (non-hydrogen) atoms. The van der Waals surface area contributed by atoms with Crippen molar-refractivity contribution in [1.82, 2.24) is 9.88 Å². The standard InChI is InChI=1S/C27H27N3O7/c1-11-5-4-8-29-20(11)13-6-7-16(31)18-14(13)9-12-10-15-21(30(2)3)23(33)19(26(28)36)25(35)27(15,37)24(34)17(12)22(18)32/h4-8,12,15,21,31,33-34,37H,9-10H2,1-3H3,(H2,28,36). The minimum atomic E-state index is -2.66. The fourth-order valence-corrected chi connectivity index (χ4v) is 6.24. The van der Waals surface area contributed by atoms with Crippen molar-refractivity contribution in [2.45, 2.75) is 31.4 Å². The highest BCUT2D eigenvalue weighted by Gasteiger charge is 2.63. The number of hydrogen-bond donors (Lipinski definition) is 5. The van der Waals surface area contributed by atoms with Crippen molar-refractivity contribution < 1.29 is 34.8 Å². The van der Waals surface area contributed by atoms with E-state index in [1.165, 1.54) is 11.0 Å². The monoisotopic (exact) mass is 505 g/mol. The molecule has 1 amide bonds. The molecule has 0 aliphatic heterocycles. The first-order valence-electron chi connectivity index (χ1n) is 11.8. The number of amides is 1. The first kappa shape index (κ1) is 24.7. The SMILES string of the molecule is Cc1cccnc1-c1ccc(O)c2c1CC1CC3C(N(C)C)C(O)=C(C(N)=O)C(=O)C3(O)C(O)=C1C2=O. The van der Waals surface area contributed by atoms with Gasteiger partial charge in [0.05, 0.1) is 17.3 Å². The molecule has 3 aliphatic rings. The lowest BCUT2D eigenvalue weighted by molar-refractivity contribution is -0.148. The quantitative estimate of drug-likeness (QED) is 0.387. The Kier molecular flexibility index (Phi) is 5.50. The minimum absolute atomic E-state index is 0.0298. The molecule has 1 aromatic heterocycles. The van der Waals surface area contributed by atoms with Crippen LogP contribution < -0.4 is 5.73 Å². The van der Waals surface area contributed by atoms with Crippen molar-refractivity contribution in [2.24, 2.45) is 17.6 Å². The normalized spacial score (nSPS) is 27.2. The molecule has 192 valence electrons. The minimum Gasteiger partial charge on any atom is -0.510 e. The number of aromatic hydroxyl groups is 1. The number of fused-ring (bicyclic) bond motifs is 3. The molecule has 1 aromatic carbocycles. The maximum absolute atomic E-state index is 13.8. The number of rotatable bonds is 3. The second-order valence-electron chi connectivity index (χ2n) is 10.1. The maximum atomic E-state index is 13.8. The molecule has 10 nitrogen and oxygen atoms in total. The van der Waals surface area contributed by atoms with Crippen LogP contribution >= 0.6 is 0 Å². The number of phenols is 1. The van der Waals surface area contributed by atoms with Crippen LogP contribution in [0.1, 0.15) is 27.9 Å². The van der Waals surface area contributed by atoms with Gasteiger partial charge in [-0.05, 0) is 69.1 Å². The first-order valence-corrected chi connectivity index (χ1v) is 11.8. The Bertz CT molecular complexity index is 1460. The van der Waals surface area contributed by atoms with Gasteiger partial charge >= 0.3 is 0 Å². The number of nitrogens with zero attached hydrogens (tertiary/aromatic N) is 2. The number of pyridine rings is 1. The molecule has 0 radical (unpaired) electrons. The van der Waals surface area contributed by atoms with Crippen LogP contribution in [0.2, 0.25) is 0 Å². The number of aromatic nitrogens is 1. The largest absolute Gasteiger partial charge is 0.510 e. The van der Waals surface area contributed by atoms with Gasteiger partial charge in [0.1, 0.15) is 22.8 Å². The van der Waals surface area contributed by atoms with Gasteiger partial charge in [-0.1, -0.05) is 6.07 Å². The molecule has 0 saturated heterocycles. The number of benzene rings is 1. The average Bonchev–Trinajstić information content (AvgIpc) is 2.82. The summed E-state index contributed by atoms with van der Waals surface area (Å²) in [6.07, 6.45) is 1.86. The van der Waals surface area contributed by atoms with Crippen LogP contribution in [0.3, 0.4) is 0 Å². The zero-order valence-electron chi connectivity index (χ0n) is 20.5. The first-order chi connectivity index (χ1) is 17.4. The van der Waals surface area contributed by atoms with Crippen LogP contribution in [0.15, 0.2) is 53.1 Å². The van der Waals surface area contributed by atoms with Gasteiger partial charge in [0.2, 0.25) is 5.78 Å². The Morgan fingerprint density at radius 2 is 1.86 bits per heavy atom. The maximum Gasteiger partial charge on any atom is 0.255 e. The van der Waals surface area contributed by atoms with E-state index in [0.29, 0.717) is 16.8 Å². The number of carbonyl (C=O) groups is 3. The zero-order chi connectivity index (χ0) is 27.0. The van der Waals surface area contributed by atoms with Gasteiger partial charge in [0, 0.05) is 23.3 Å². The third-order valence-electron chi connectivity index (χ3n) is 7.87. The fraction of sp³-hybridized carbons (Fsp3) is 0.333. The number of carbonyl (C=O) groups excluding carboxylic acids is 3. The highest BCUT2D eigenvalue weighted by atomic mass is 16.3. The summed E-state index contributed by atoms with van der Waals surface area (Å²) in [6, 6.07) is 5.69. The van der Waals surface area contributed by atoms with Crippen LogP contribution in [-0.2, 0) is 16.0 Å². The second-order valence-corrected chi connectivity index (χ2v) is 10.1. The van der Waals surface area contributed by atoms with Crippen molar-refractivity contribution in [1.29, 1.82) is 0 Å². The number of allylic oxidation sites excluding steroid dienone is 1. The molecule has 4 atom stereocenters. The van der Waals surface area contributed by atoms with Crippen LogP contribution in [0.25, 0.3) is 11.3 Å². The van der Waals surface area contributed by atoms with Crippen LogP contribution in [-0.4, -0.2) is 73.5 Å².